The summed E-state index contributed by atoms with van der Waals surface area (Å²) in [5.74, 6) is -0.184. The van der Waals surface area contributed by atoms with Crippen LogP contribution in [0, 0.1) is 0 Å². The Morgan fingerprint density at radius 2 is 2.07 bits per heavy atom. The second kappa shape index (κ2) is 7.69. The first-order valence-corrected chi connectivity index (χ1v) is 11.6. The number of halogens is 2. The van der Waals surface area contributed by atoms with E-state index in [1.54, 1.807) is 4.90 Å². The SMILES string of the molecule is O=C(c1cn(C[C@@H]2C[C@H](F)CN2S(=O)(=O)c2ccc(Cl)s2)nn1)N1CCCC1. The van der Waals surface area contributed by atoms with Gasteiger partial charge in [0.15, 0.2) is 5.69 Å². The first kappa shape index (κ1) is 19.7. The van der Waals surface area contributed by atoms with E-state index in [0.717, 1.165) is 28.5 Å². The van der Waals surface area contributed by atoms with Gasteiger partial charge in [0.25, 0.3) is 15.9 Å². The van der Waals surface area contributed by atoms with Crippen molar-refractivity contribution in [1.82, 2.24) is 24.2 Å². The summed E-state index contributed by atoms with van der Waals surface area (Å²) in [5, 5.41) is 7.86. The molecular weight excluding hydrogens is 429 g/mol. The van der Waals surface area contributed by atoms with E-state index in [2.05, 4.69) is 10.3 Å². The van der Waals surface area contributed by atoms with Crippen LogP contribution in [0.2, 0.25) is 4.34 Å². The van der Waals surface area contributed by atoms with Gasteiger partial charge in [-0.05, 0) is 31.4 Å². The van der Waals surface area contributed by atoms with Gasteiger partial charge in [0.1, 0.15) is 10.4 Å². The molecule has 2 aromatic heterocycles. The van der Waals surface area contributed by atoms with E-state index in [9.17, 15) is 17.6 Å². The molecule has 0 unspecified atom stereocenters. The number of sulfonamides is 1. The van der Waals surface area contributed by atoms with Crippen molar-refractivity contribution in [2.24, 2.45) is 0 Å². The van der Waals surface area contributed by atoms with Crippen LogP contribution in [0.4, 0.5) is 4.39 Å². The molecule has 4 rings (SSSR count). The number of carbonyl (C=O) groups excluding carboxylic acids is 1. The summed E-state index contributed by atoms with van der Waals surface area (Å²) in [6, 6.07) is 2.31. The Morgan fingerprint density at radius 1 is 1.32 bits per heavy atom. The number of carbonyl (C=O) groups is 1. The van der Waals surface area contributed by atoms with E-state index in [1.807, 2.05) is 0 Å². The van der Waals surface area contributed by atoms with Gasteiger partial charge in [-0.3, -0.25) is 9.48 Å². The highest BCUT2D eigenvalue weighted by molar-refractivity contribution is 7.91. The molecule has 8 nitrogen and oxygen atoms in total. The Kier molecular flexibility index (Phi) is 5.43. The van der Waals surface area contributed by atoms with E-state index in [0.29, 0.717) is 17.4 Å². The molecule has 12 heteroatoms. The maximum absolute atomic E-state index is 14.1. The van der Waals surface area contributed by atoms with Gasteiger partial charge in [-0.15, -0.1) is 16.4 Å². The molecule has 2 atom stereocenters. The minimum absolute atomic E-state index is 0.0631. The molecule has 0 aliphatic carbocycles. The predicted molar refractivity (Wildman–Crippen MR) is 102 cm³/mol. The van der Waals surface area contributed by atoms with Crippen LogP contribution in [-0.2, 0) is 16.6 Å². The van der Waals surface area contributed by atoms with Crippen LogP contribution in [0.1, 0.15) is 29.8 Å². The van der Waals surface area contributed by atoms with Crippen molar-refractivity contribution >= 4 is 38.9 Å². The van der Waals surface area contributed by atoms with Crippen LogP contribution < -0.4 is 0 Å². The topological polar surface area (TPSA) is 88.4 Å². The Bertz CT molecular complexity index is 973. The maximum Gasteiger partial charge on any atom is 0.276 e. The van der Waals surface area contributed by atoms with Gasteiger partial charge in [0.05, 0.1) is 17.1 Å². The van der Waals surface area contributed by atoms with E-state index in [-0.39, 0.29) is 35.3 Å². The first-order valence-electron chi connectivity index (χ1n) is 8.95. The largest absolute Gasteiger partial charge is 0.337 e. The lowest BCUT2D eigenvalue weighted by molar-refractivity contribution is 0.0787. The Balaban J connectivity index is 1.51. The molecule has 28 heavy (non-hydrogen) atoms. The van der Waals surface area contributed by atoms with Crippen molar-refractivity contribution in [3.05, 3.63) is 28.4 Å². The smallest absolute Gasteiger partial charge is 0.276 e. The summed E-state index contributed by atoms with van der Waals surface area (Å²) >= 11 is 6.80. The van der Waals surface area contributed by atoms with Crippen molar-refractivity contribution in [3.8, 4) is 0 Å². The number of rotatable bonds is 5. The van der Waals surface area contributed by atoms with Crippen LogP contribution in [0.5, 0.6) is 0 Å². The summed E-state index contributed by atoms with van der Waals surface area (Å²) in [6.45, 7) is 1.32. The summed E-state index contributed by atoms with van der Waals surface area (Å²) in [5.41, 5.74) is 0.219. The third-order valence-corrected chi connectivity index (χ3v) is 8.59. The number of thiophene rings is 1. The molecule has 2 aliphatic heterocycles. The highest BCUT2D eigenvalue weighted by Gasteiger charge is 2.41. The van der Waals surface area contributed by atoms with E-state index < -0.39 is 22.2 Å². The van der Waals surface area contributed by atoms with E-state index >= 15 is 0 Å². The average Bonchev–Trinajstić information content (AvgIpc) is 3.41. The molecular formula is C16H19ClFN5O3S2. The fraction of sp³-hybridized carbons (Fsp3) is 0.562. The minimum Gasteiger partial charge on any atom is -0.337 e. The van der Waals surface area contributed by atoms with Crippen molar-refractivity contribution in [1.29, 1.82) is 0 Å². The normalized spacial score (nSPS) is 23.6. The van der Waals surface area contributed by atoms with Gasteiger partial charge >= 0.3 is 0 Å². The molecule has 4 heterocycles. The van der Waals surface area contributed by atoms with Crippen LogP contribution in [0.25, 0.3) is 0 Å². The molecule has 1 amide bonds. The lowest BCUT2D eigenvalue weighted by atomic mass is 10.2. The van der Waals surface area contributed by atoms with Gasteiger partial charge in [-0.2, -0.15) is 4.31 Å². The highest BCUT2D eigenvalue weighted by Crippen LogP contribution is 2.33. The van der Waals surface area contributed by atoms with Gasteiger partial charge < -0.3 is 4.90 Å². The first-order chi connectivity index (χ1) is 13.3. The third-order valence-electron chi connectivity index (χ3n) is 4.97. The van der Waals surface area contributed by atoms with E-state index in [4.69, 9.17) is 11.6 Å². The van der Waals surface area contributed by atoms with E-state index in [1.165, 1.54) is 23.0 Å². The van der Waals surface area contributed by atoms with Crippen LogP contribution in [0.15, 0.2) is 22.5 Å². The Labute approximate surface area is 170 Å². The fourth-order valence-corrected chi connectivity index (χ4v) is 6.89. The van der Waals surface area contributed by atoms with Gasteiger partial charge in [-0.1, -0.05) is 16.8 Å². The molecule has 2 fully saturated rings. The molecule has 0 spiro atoms. The average molecular weight is 448 g/mol. The van der Waals surface area contributed by atoms with Gasteiger partial charge in [0, 0.05) is 25.7 Å². The molecule has 0 bridgehead atoms. The van der Waals surface area contributed by atoms with Crippen molar-refractivity contribution < 1.29 is 17.6 Å². The quantitative estimate of drug-likeness (QED) is 0.699. The number of nitrogens with zero attached hydrogens (tertiary/aromatic N) is 5. The third kappa shape index (κ3) is 3.80. The summed E-state index contributed by atoms with van der Waals surface area (Å²) < 4.78 is 42.9. The van der Waals surface area contributed by atoms with Crippen LogP contribution in [-0.4, -0.2) is 70.4 Å². The van der Waals surface area contributed by atoms with Crippen molar-refractivity contribution in [2.75, 3.05) is 19.6 Å². The summed E-state index contributed by atoms with van der Waals surface area (Å²) in [7, 11) is -3.85. The number of amides is 1. The fourth-order valence-electron chi connectivity index (χ4n) is 3.63. The van der Waals surface area contributed by atoms with Crippen molar-refractivity contribution in [3.63, 3.8) is 0 Å². The molecule has 0 aromatic carbocycles. The standard InChI is InChI=1S/C16H19ClFN5O3S2/c17-14-3-4-15(27-14)28(25,26)23-8-11(18)7-12(23)9-22-10-13(19-20-22)16(24)21-5-1-2-6-21/h3-4,10-12H,1-2,5-9H2/t11-,12-/m0/s1. The second-order valence-corrected chi connectivity index (χ2v) is 10.8. The van der Waals surface area contributed by atoms with Crippen LogP contribution >= 0.6 is 22.9 Å². The lowest BCUT2D eigenvalue weighted by Gasteiger charge is -2.22. The number of hydrogen-bond donors (Lipinski definition) is 0. The molecule has 2 saturated heterocycles. The lowest BCUT2D eigenvalue weighted by Crippen LogP contribution is -2.38. The zero-order chi connectivity index (χ0) is 19.9. The number of hydrogen-bond acceptors (Lipinski definition) is 6. The molecule has 2 aromatic rings. The predicted octanol–water partition coefficient (Wildman–Crippen LogP) is 2.03. The molecule has 2 aliphatic rings. The van der Waals surface area contributed by atoms with Crippen molar-refractivity contribution in [2.45, 2.75) is 42.2 Å². The second-order valence-electron chi connectivity index (χ2n) is 6.95. The zero-order valence-electron chi connectivity index (χ0n) is 14.9. The number of alkyl halides is 1. The molecule has 0 N–H and O–H groups in total. The Morgan fingerprint density at radius 3 is 2.75 bits per heavy atom. The Hall–Kier alpha value is -1.56. The minimum atomic E-state index is -3.85. The highest BCUT2D eigenvalue weighted by atomic mass is 35.5. The van der Waals surface area contributed by atoms with Gasteiger partial charge in [-0.25, -0.2) is 12.8 Å². The molecule has 0 saturated carbocycles. The molecule has 152 valence electrons. The number of likely N-dealkylation sites (tertiary alicyclic amines) is 1. The number of aromatic nitrogens is 3. The maximum atomic E-state index is 14.1. The molecule has 0 radical (unpaired) electrons. The zero-order valence-corrected chi connectivity index (χ0v) is 17.3. The van der Waals surface area contributed by atoms with Crippen LogP contribution in [0.3, 0.4) is 0 Å². The van der Waals surface area contributed by atoms with Gasteiger partial charge in [0.2, 0.25) is 0 Å². The monoisotopic (exact) mass is 447 g/mol. The summed E-state index contributed by atoms with van der Waals surface area (Å²) in [4.78, 5) is 14.1. The summed E-state index contributed by atoms with van der Waals surface area (Å²) in [6.07, 6.45) is 2.25.